The molecular formula is C31H43N7O4. The Morgan fingerprint density at radius 2 is 1.69 bits per heavy atom. The number of nitrogens with one attached hydrogen (secondary N) is 1. The van der Waals surface area contributed by atoms with Gasteiger partial charge in [-0.15, -0.1) is 0 Å². The van der Waals surface area contributed by atoms with Crippen molar-refractivity contribution in [1.82, 2.24) is 29.5 Å². The Labute approximate surface area is 247 Å². The fourth-order valence-corrected chi connectivity index (χ4v) is 5.55. The first kappa shape index (κ1) is 29.8. The summed E-state index contributed by atoms with van der Waals surface area (Å²) in [6, 6.07) is 9.50. The predicted octanol–water partition coefficient (Wildman–Crippen LogP) is 4.19. The summed E-state index contributed by atoms with van der Waals surface area (Å²) in [5, 5.41) is 8.77. The topological polar surface area (TPSA) is 105 Å². The number of hydrogen-bond donors (Lipinski definition) is 1. The Balaban J connectivity index is 1.12. The SMILES string of the molecule is COc1cc2nn(C3CCN(CCN4CCN(C(=O)OC(C)(C)C)CC4)CC3)cc2cc1NC(=O)c1cccc(C)n1. The summed E-state index contributed by atoms with van der Waals surface area (Å²) in [6.45, 7) is 14.8. The van der Waals surface area contributed by atoms with Crippen molar-refractivity contribution in [1.29, 1.82) is 0 Å². The van der Waals surface area contributed by atoms with Gasteiger partial charge in [0.25, 0.3) is 5.91 Å². The van der Waals surface area contributed by atoms with Crippen LogP contribution >= 0.6 is 0 Å². The van der Waals surface area contributed by atoms with Crippen LogP contribution in [0.25, 0.3) is 10.9 Å². The number of fused-ring (bicyclic) bond motifs is 1. The Kier molecular flexibility index (Phi) is 8.98. The molecule has 0 saturated carbocycles. The van der Waals surface area contributed by atoms with Gasteiger partial charge in [-0.25, -0.2) is 9.78 Å². The van der Waals surface area contributed by atoms with Crippen LogP contribution in [-0.4, -0.2) is 107 Å². The zero-order valence-electron chi connectivity index (χ0n) is 25.4. The minimum absolute atomic E-state index is 0.213. The molecule has 2 fully saturated rings. The largest absolute Gasteiger partial charge is 0.494 e. The number of hydrogen-bond acceptors (Lipinski definition) is 8. The summed E-state index contributed by atoms with van der Waals surface area (Å²) in [5.74, 6) is 0.288. The number of aryl methyl sites for hydroxylation is 1. The zero-order valence-corrected chi connectivity index (χ0v) is 25.4. The minimum atomic E-state index is -0.462. The molecule has 5 rings (SSSR count). The van der Waals surface area contributed by atoms with E-state index in [-0.39, 0.29) is 12.0 Å². The molecule has 42 heavy (non-hydrogen) atoms. The van der Waals surface area contributed by atoms with E-state index < -0.39 is 5.60 Å². The Bertz CT molecular complexity index is 1400. The van der Waals surface area contributed by atoms with Gasteiger partial charge in [-0.3, -0.25) is 14.4 Å². The molecule has 0 unspecified atom stereocenters. The van der Waals surface area contributed by atoms with Gasteiger partial charge < -0.3 is 24.6 Å². The minimum Gasteiger partial charge on any atom is -0.494 e. The van der Waals surface area contributed by atoms with Gasteiger partial charge in [-0.05, 0) is 58.7 Å². The number of benzene rings is 1. The van der Waals surface area contributed by atoms with Crippen molar-refractivity contribution in [3.63, 3.8) is 0 Å². The molecule has 11 nitrogen and oxygen atoms in total. The number of piperazine rings is 1. The maximum Gasteiger partial charge on any atom is 0.410 e. The van der Waals surface area contributed by atoms with Gasteiger partial charge in [-0.2, -0.15) is 5.10 Å². The third kappa shape index (κ3) is 7.38. The average molecular weight is 578 g/mol. The van der Waals surface area contributed by atoms with Crippen LogP contribution in [0.15, 0.2) is 36.5 Å². The smallest absolute Gasteiger partial charge is 0.410 e. The maximum atomic E-state index is 12.8. The monoisotopic (exact) mass is 577 g/mol. The summed E-state index contributed by atoms with van der Waals surface area (Å²) in [7, 11) is 1.59. The number of carbonyl (C=O) groups excluding carboxylic acids is 2. The molecule has 11 heteroatoms. The van der Waals surface area contributed by atoms with E-state index in [0.29, 0.717) is 36.3 Å². The molecule has 2 amide bonds. The summed E-state index contributed by atoms with van der Waals surface area (Å²) in [4.78, 5) is 36.2. The first-order valence-corrected chi connectivity index (χ1v) is 14.8. The van der Waals surface area contributed by atoms with E-state index in [2.05, 4.69) is 31.0 Å². The number of ether oxygens (including phenoxy) is 2. The van der Waals surface area contributed by atoms with Crippen molar-refractivity contribution in [2.24, 2.45) is 0 Å². The first-order chi connectivity index (χ1) is 20.1. The lowest BCUT2D eigenvalue weighted by Gasteiger charge is -2.37. The lowest BCUT2D eigenvalue weighted by molar-refractivity contribution is 0.0135. The van der Waals surface area contributed by atoms with Gasteiger partial charge in [0.1, 0.15) is 17.0 Å². The second kappa shape index (κ2) is 12.7. The second-order valence-electron chi connectivity index (χ2n) is 12.2. The predicted molar refractivity (Wildman–Crippen MR) is 162 cm³/mol. The fraction of sp³-hybridized carbons (Fsp3) is 0.548. The summed E-state index contributed by atoms with van der Waals surface area (Å²) >= 11 is 0. The lowest BCUT2D eigenvalue weighted by Crippen LogP contribution is -2.51. The van der Waals surface area contributed by atoms with Crippen molar-refractivity contribution in [2.75, 3.05) is 64.8 Å². The molecule has 1 N–H and O–H groups in total. The first-order valence-electron chi connectivity index (χ1n) is 14.8. The Hall–Kier alpha value is -3.70. The van der Waals surface area contributed by atoms with Crippen LogP contribution in [0.3, 0.4) is 0 Å². The van der Waals surface area contributed by atoms with Gasteiger partial charge in [-0.1, -0.05) is 6.07 Å². The third-order valence-corrected chi connectivity index (χ3v) is 7.90. The van der Waals surface area contributed by atoms with E-state index in [1.807, 2.05) is 56.9 Å². The summed E-state index contributed by atoms with van der Waals surface area (Å²) in [5.41, 5.74) is 2.13. The number of nitrogens with zero attached hydrogens (tertiary/aromatic N) is 6. The number of likely N-dealkylation sites (tertiary alicyclic amines) is 1. The third-order valence-electron chi connectivity index (χ3n) is 7.90. The number of rotatable bonds is 7. The summed E-state index contributed by atoms with van der Waals surface area (Å²) in [6.07, 6.45) is 3.91. The van der Waals surface area contributed by atoms with E-state index in [4.69, 9.17) is 14.6 Å². The number of anilines is 1. The van der Waals surface area contributed by atoms with Crippen LogP contribution < -0.4 is 10.1 Å². The van der Waals surface area contributed by atoms with E-state index in [9.17, 15) is 9.59 Å². The van der Waals surface area contributed by atoms with Crippen LogP contribution in [-0.2, 0) is 4.74 Å². The van der Waals surface area contributed by atoms with Crippen molar-refractivity contribution in [2.45, 2.75) is 52.2 Å². The number of pyridine rings is 1. The van der Waals surface area contributed by atoms with E-state index in [1.54, 1.807) is 13.2 Å². The second-order valence-corrected chi connectivity index (χ2v) is 12.2. The van der Waals surface area contributed by atoms with Gasteiger partial charge in [0, 0.05) is 75.7 Å². The molecule has 0 aliphatic carbocycles. The molecule has 0 atom stereocenters. The van der Waals surface area contributed by atoms with Gasteiger partial charge in [0.05, 0.1) is 24.4 Å². The van der Waals surface area contributed by atoms with Crippen LogP contribution in [0.1, 0.15) is 55.8 Å². The fourth-order valence-electron chi connectivity index (χ4n) is 5.55. The summed E-state index contributed by atoms with van der Waals surface area (Å²) < 4.78 is 13.2. The van der Waals surface area contributed by atoms with Crippen molar-refractivity contribution in [3.05, 3.63) is 47.9 Å². The standard InChI is InChI=1S/C31H43N7O4/c1-22-7-6-8-25(32-22)29(39)33-27-19-23-21-38(34-26(23)20-28(27)41-5)24-9-11-35(12-10-24)13-14-36-15-17-37(18-16-36)30(40)42-31(2,3)4/h6-8,19-21,24H,9-18H2,1-5H3,(H,33,39). The molecule has 3 aromatic rings. The van der Waals surface area contributed by atoms with Gasteiger partial charge in [0.2, 0.25) is 0 Å². The van der Waals surface area contributed by atoms with Crippen LogP contribution in [0.5, 0.6) is 5.75 Å². The van der Waals surface area contributed by atoms with E-state index >= 15 is 0 Å². The highest BCUT2D eigenvalue weighted by Gasteiger charge is 2.27. The molecule has 2 aliphatic rings. The molecule has 2 aromatic heterocycles. The highest BCUT2D eigenvalue weighted by Crippen LogP contribution is 2.32. The molecule has 0 spiro atoms. The van der Waals surface area contributed by atoms with Crippen LogP contribution in [0.4, 0.5) is 10.5 Å². The van der Waals surface area contributed by atoms with Crippen molar-refractivity contribution >= 4 is 28.6 Å². The number of amides is 2. The Morgan fingerprint density at radius 3 is 2.33 bits per heavy atom. The number of methoxy groups -OCH3 is 1. The Morgan fingerprint density at radius 1 is 1.00 bits per heavy atom. The molecule has 226 valence electrons. The lowest BCUT2D eigenvalue weighted by atomic mass is 10.1. The molecular weight excluding hydrogens is 534 g/mol. The molecule has 0 bridgehead atoms. The average Bonchev–Trinajstić information content (AvgIpc) is 3.38. The molecule has 0 radical (unpaired) electrons. The molecule has 2 aliphatic heterocycles. The zero-order chi connectivity index (χ0) is 29.9. The highest BCUT2D eigenvalue weighted by atomic mass is 16.6. The normalized spacial score (nSPS) is 17.4. The maximum absolute atomic E-state index is 12.8. The molecule has 1 aromatic carbocycles. The van der Waals surface area contributed by atoms with E-state index in [0.717, 1.165) is 68.7 Å². The van der Waals surface area contributed by atoms with Gasteiger partial charge in [0.15, 0.2) is 0 Å². The van der Waals surface area contributed by atoms with Crippen LogP contribution in [0.2, 0.25) is 0 Å². The highest BCUT2D eigenvalue weighted by molar-refractivity contribution is 6.05. The van der Waals surface area contributed by atoms with Crippen molar-refractivity contribution < 1.29 is 19.1 Å². The van der Waals surface area contributed by atoms with Crippen molar-refractivity contribution in [3.8, 4) is 5.75 Å². The number of aromatic nitrogens is 3. The van der Waals surface area contributed by atoms with Crippen LogP contribution in [0, 0.1) is 6.92 Å². The number of carbonyl (C=O) groups is 2. The molecule has 4 heterocycles. The quantitative estimate of drug-likeness (QED) is 0.446. The van der Waals surface area contributed by atoms with E-state index in [1.165, 1.54) is 0 Å². The van der Waals surface area contributed by atoms with Gasteiger partial charge >= 0.3 is 6.09 Å². The molecule has 2 saturated heterocycles. The number of piperidine rings is 1.